The van der Waals surface area contributed by atoms with E-state index in [2.05, 4.69) is 18.7 Å². The van der Waals surface area contributed by atoms with E-state index >= 15 is 0 Å². The van der Waals surface area contributed by atoms with Crippen LogP contribution in [0.3, 0.4) is 0 Å². The van der Waals surface area contributed by atoms with Gasteiger partial charge in [-0.25, -0.2) is 8.78 Å². The van der Waals surface area contributed by atoms with E-state index in [4.69, 9.17) is 9.84 Å². The third kappa shape index (κ3) is 4.90. The van der Waals surface area contributed by atoms with Crippen LogP contribution in [-0.4, -0.2) is 35.2 Å². The third-order valence-electron chi connectivity index (χ3n) is 7.18. The van der Waals surface area contributed by atoms with Crippen LogP contribution in [0.2, 0.25) is 0 Å². The second kappa shape index (κ2) is 9.74. The maximum absolute atomic E-state index is 14.1. The minimum Gasteiger partial charge on any atom is -0.490 e. The largest absolute Gasteiger partial charge is 0.490 e. The van der Waals surface area contributed by atoms with Gasteiger partial charge in [0, 0.05) is 19.1 Å². The highest BCUT2D eigenvalue weighted by Gasteiger charge is 2.33. The van der Waals surface area contributed by atoms with Crippen LogP contribution in [0.4, 0.5) is 8.78 Å². The first-order valence-electron chi connectivity index (χ1n) is 11.8. The molecule has 1 saturated heterocycles. The summed E-state index contributed by atoms with van der Waals surface area (Å²) in [6.07, 6.45) is 2.47. The van der Waals surface area contributed by atoms with E-state index in [1.165, 1.54) is 0 Å². The molecule has 2 aromatic carbocycles. The van der Waals surface area contributed by atoms with Crippen molar-refractivity contribution in [2.24, 2.45) is 11.8 Å². The van der Waals surface area contributed by atoms with Crippen molar-refractivity contribution in [3.8, 4) is 5.75 Å². The van der Waals surface area contributed by atoms with Gasteiger partial charge in [0.05, 0.1) is 18.1 Å². The maximum Gasteiger partial charge on any atom is 0.303 e. The van der Waals surface area contributed by atoms with E-state index in [0.29, 0.717) is 17.1 Å². The number of alkyl halides is 2. The lowest BCUT2D eigenvalue weighted by Crippen LogP contribution is -2.49. The standard InChI is InChI=1S/C26H33F2NO3/c1-3-22(29-14-17(15-29)12-24(30)31)19-6-10-21-18(13-19)7-11-23(25(21)26(27)28)32-20-8-4-16(2)5-9-20/h6-7,10-11,13,16-17,20,22,26H,3-5,8-9,12,14-15H2,1-2H3,(H,30,31)/t16-,20+,22?. The van der Waals surface area contributed by atoms with Gasteiger partial charge in [-0.1, -0.05) is 32.0 Å². The van der Waals surface area contributed by atoms with E-state index in [0.717, 1.165) is 56.1 Å². The Balaban J connectivity index is 1.56. The summed E-state index contributed by atoms with van der Waals surface area (Å²) in [6, 6.07) is 9.52. The first-order chi connectivity index (χ1) is 15.4. The van der Waals surface area contributed by atoms with Gasteiger partial charge < -0.3 is 9.84 Å². The average molecular weight is 446 g/mol. The zero-order valence-corrected chi connectivity index (χ0v) is 18.9. The Kier molecular flexibility index (Phi) is 6.99. The lowest BCUT2D eigenvalue weighted by molar-refractivity contribution is -0.139. The summed E-state index contributed by atoms with van der Waals surface area (Å²) in [7, 11) is 0. The molecule has 6 heteroatoms. The molecule has 1 heterocycles. The molecule has 0 bridgehead atoms. The number of halogens is 2. The third-order valence-corrected chi connectivity index (χ3v) is 7.18. The molecule has 0 spiro atoms. The van der Waals surface area contributed by atoms with E-state index < -0.39 is 12.4 Å². The summed E-state index contributed by atoms with van der Waals surface area (Å²) in [6.45, 7) is 5.85. The van der Waals surface area contributed by atoms with Crippen LogP contribution in [-0.2, 0) is 4.79 Å². The molecule has 2 aliphatic rings. The summed E-state index contributed by atoms with van der Waals surface area (Å²) < 4.78 is 34.3. The summed E-state index contributed by atoms with van der Waals surface area (Å²) in [5.41, 5.74) is 1.08. The van der Waals surface area contributed by atoms with Gasteiger partial charge in [0.1, 0.15) is 5.75 Å². The van der Waals surface area contributed by atoms with Crippen molar-refractivity contribution < 1.29 is 23.4 Å². The second-order valence-corrected chi connectivity index (χ2v) is 9.60. The number of fused-ring (bicyclic) bond motifs is 1. The Hall–Kier alpha value is -2.21. The van der Waals surface area contributed by atoms with Crippen molar-refractivity contribution in [3.63, 3.8) is 0 Å². The molecule has 0 aromatic heterocycles. The molecule has 2 fully saturated rings. The maximum atomic E-state index is 14.1. The summed E-state index contributed by atoms with van der Waals surface area (Å²) in [5, 5.41) is 10.3. The predicted octanol–water partition coefficient (Wildman–Crippen LogP) is 6.59. The van der Waals surface area contributed by atoms with E-state index in [1.54, 1.807) is 12.1 Å². The van der Waals surface area contributed by atoms with Crippen LogP contribution in [0.25, 0.3) is 10.8 Å². The number of likely N-dealkylation sites (tertiary alicyclic amines) is 1. The smallest absolute Gasteiger partial charge is 0.303 e. The monoisotopic (exact) mass is 445 g/mol. The predicted molar refractivity (Wildman–Crippen MR) is 121 cm³/mol. The molecule has 4 rings (SSSR count). The summed E-state index contributed by atoms with van der Waals surface area (Å²) >= 11 is 0. The van der Waals surface area contributed by atoms with Crippen molar-refractivity contribution >= 4 is 16.7 Å². The quantitative estimate of drug-likeness (QED) is 0.498. The molecule has 1 aliphatic heterocycles. The number of hydrogen-bond acceptors (Lipinski definition) is 3. The molecule has 1 atom stereocenters. The fourth-order valence-electron chi connectivity index (χ4n) is 5.36. The van der Waals surface area contributed by atoms with Gasteiger partial charge in [-0.15, -0.1) is 0 Å². The Labute approximate surface area is 188 Å². The van der Waals surface area contributed by atoms with Crippen molar-refractivity contribution in [2.45, 2.75) is 70.9 Å². The van der Waals surface area contributed by atoms with Crippen LogP contribution >= 0.6 is 0 Å². The molecule has 0 amide bonds. The van der Waals surface area contributed by atoms with E-state index in [1.807, 2.05) is 18.2 Å². The Morgan fingerprint density at radius 3 is 2.50 bits per heavy atom. The number of nitrogens with zero attached hydrogens (tertiary/aromatic N) is 1. The molecule has 174 valence electrons. The molecule has 1 N–H and O–H groups in total. The van der Waals surface area contributed by atoms with Crippen LogP contribution in [0.15, 0.2) is 30.3 Å². The minimum atomic E-state index is -2.60. The highest BCUT2D eigenvalue weighted by atomic mass is 19.3. The average Bonchev–Trinajstić information content (AvgIpc) is 2.73. The second-order valence-electron chi connectivity index (χ2n) is 9.60. The SMILES string of the molecule is CCC(c1ccc2c(C(F)F)c(O[C@H]3CC[C@@H](C)CC3)ccc2c1)N1CC(CC(=O)O)C1. The van der Waals surface area contributed by atoms with E-state index in [9.17, 15) is 13.6 Å². The van der Waals surface area contributed by atoms with Crippen molar-refractivity contribution in [1.29, 1.82) is 0 Å². The number of aliphatic carboxylic acids is 1. The van der Waals surface area contributed by atoms with Gasteiger partial charge in [-0.05, 0) is 72.4 Å². The molecule has 4 nitrogen and oxygen atoms in total. The fraction of sp³-hybridized carbons (Fsp3) is 0.577. The molecular formula is C26H33F2NO3. The number of hydrogen-bond donors (Lipinski definition) is 1. The Morgan fingerprint density at radius 1 is 1.16 bits per heavy atom. The van der Waals surface area contributed by atoms with E-state index in [-0.39, 0.29) is 30.0 Å². The summed E-state index contributed by atoms with van der Waals surface area (Å²) in [4.78, 5) is 13.2. The number of benzene rings is 2. The fourth-order valence-corrected chi connectivity index (χ4v) is 5.36. The Morgan fingerprint density at radius 2 is 1.88 bits per heavy atom. The summed E-state index contributed by atoms with van der Waals surface area (Å²) in [5.74, 6) is 0.423. The molecule has 1 aliphatic carbocycles. The molecule has 1 saturated carbocycles. The molecule has 0 radical (unpaired) electrons. The zero-order chi connectivity index (χ0) is 22.8. The first kappa shape index (κ1) is 23.0. The van der Waals surface area contributed by atoms with Crippen molar-refractivity contribution in [3.05, 3.63) is 41.5 Å². The van der Waals surface area contributed by atoms with Crippen LogP contribution in [0.1, 0.15) is 76.0 Å². The number of rotatable bonds is 8. The van der Waals surface area contributed by atoms with Gasteiger partial charge in [-0.2, -0.15) is 0 Å². The van der Waals surface area contributed by atoms with Gasteiger partial charge in [0.2, 0.25) is 0 Å². The normalized spacial score (nSPS) is 23.3. The molecular weight excluding hydrogens is 412 g/mol. The van der Waals surface area contributed by atoms with Gasteiger partial charge in [0.15, 0.2) is 0 Å². The first-order valence-corrected chi connectivity index (χ1v) is 11.8. The van der Waals surface area contributed by atoms with Crippen molar-refractivity contribution in [2.75, 3.05) is 13.1 Å². The molecule has 32 heavy (non-hydrogen) atoms. The highest BCUT2D eigenvalue weighted by molar-refractivity contribution is 5.88. The van der Waals surface area contributed by atoms with Gasteiger partial charge in [0.25, 0.3) is 6.43 Å². The molecule has 1 unspecified atom stereocenters. The van der Waals surface area contributed by atoms with Crippen molar-refractivity contribution in [1.82, 2.24) is 4.90 Å². The Bertz CT molecular complexity index is 949. The van der Waals surface area contributed by atoms with Crippen LogP contribution in [0.5, 0.6) is 5.75 Å². The molecule has 2 aromatic rings. The lowest BCUT2D eigenvalue weighted by atomic mass is 9.88. The number of ether oxygens (including phenoxy) is 1. The van der Waals surface area contributed by atoms with Gasteiger partial charge >= 0.3 is 5.97 Å². The lowest BCUT2D eigenvalue weighted by Gasteiger charge is -2.44. The number of carboxylic acids is 1. The highest BCUT2D eigenvalue weighted by Crippen LogP contribution is 2.40. The number of carboxylic acid groups (broad SMARTS) is 1. The zero-order valence-electron chi connectivity index (χ0n) is 18.9. The number of carbonyl (C=O) groups is 1. The minimum absolute atomic E-state index is 0.00815. The van der Waals surface area contributed by atoms with Crippen LogP contribution in [0, 0.1) is 11.8 Å². The van der Waals surface area contributed by atoms with Gasteiger partial charge in [-0.3, -0.25) is 9.69 Å². The topological polar surface area (TPSA) is 49.8 Å². The van der Waals surface area contributed by atoms with Crippen LogP contribution < -0.4 is 4.74 Å².